The van der Waals surface area contributed by atoms with E-state index in [4.69, 9.17) is 0 Å². The van der Waals surface area contributed by atoms with E-state index in [-0.39, 0.29) is 0 Å². The molecular weight excluding hydrogens is 386 g/mol. The molecule has 4 amide bonds. The van der Waals surface area contributed by atoms with Gasteiger partial charge in [-0.3, -0.25) is 19.9 Å². The first-order valence-corrected chi connectivity index (χ1v) is 8.30. The highest BCUT2D eigenvalue weighted by molar-refractivity contribution is 9.10. The summed E-state index contributed by atoms with van der Waals surface area (Å²) in [5, 5.41) is 2.20. The highest BCUT2D eigenvalue weighted by Gasteiger charge is 2.40. The molecule has 1 aliphatic heterocycles. The predicted octanol–water partition coefficient (Wildman–Crippen LogP) is 3.36. The van der Waals surface area contributed by atoms with E-state index in [1.165, 1.54) is 6.21 Å². The number of aliphatic imine (C=N–C) groups is 1. The molecule has 1 atom stereocenters. The fraction of sp³-hybridized carbons (Fsp3) is 0.111. The first-order chi connectivity index (χ1) is 12.0. The Kier molecular flexibility index (Phi) is 4.76. The van der Waals surface area contributed by atoms with Crippen LogP contribution in [0.25, 0.3) is 0 Å². The molecule has 25 heavy (non-hydrogen) atoms. The van der Waals surface area contributed by atoms with Crippen LogP contribution in [0.2, 0.25) is 0 Å². The van der Waals surface area contributed by atoms with E-state index in [2.05, 4.69) is 26.2 Å². The second-order valence-corrected chi connectivity index (χ2v) is 6.45. The minimum absolute atomic E-state index is 0.414. The summed E-state index contributed by atoms with van der Waals surface area (Å²) in [6.07, 6.45) is 1.26. The second-order valence-electron chi connectivity index (χ2n) is 5.54. The minimum Gasteiger partial charge on any atom is -0.276 e. The molecule has 0 aliphatic carbocycles. The average molecular weight is 400 g/mol. The Morgan fingerprint density at radius 2 is 1.84 bits per heavy atom. The number of nitrogens with zero attached hydrogens (tertiary/aromatic N) is 2. The highest BCUT2D eigenvalue weighted by atomic mass is 79.9. The van der Waals surface area contributed by atoms with Gasteiger partial charge in [-0.2, -0.15) is 0 Å². The molecular formula is C18H14BrN3O3. The second kappa shape index (κ2) is 6.98. The van der Waals surface area contributed by atoms with Crippen LogP contribution >= 0.6 is 15.9 Å². The third-order valence-corrected chi connectivity index (χ3v) is 4.19. The van der Waals surface area contributed by atoms with E-state index >= 15 is 0 Å². The van der Waals surface area contributed by atoms with Gasteiger partial charge >= 0.3 is 6.03 Å². The van der Waals surface area contributed by atoms with Crippen molar-refractivity contribution in [1.29, 1.82) is 0 Å². The van der Waals surface area contributed by atoms with Crippen LogP contribution in [0.1, 0.15) is 5.56 Å². The number of aryl methyl sites for hydroxylation is 1. The summed E-state index contributed by atoms with van der Waals surface area (Å²) in [4.78, 5) is 42.0. The van der Waals surface area contributed by atoms with Crippen molar-refractivity contribution < 1.29 is 14.4 Å². The Balaban J connectivity index is 1.89. The number of hydrogen-bond donors (Lipinski definition) is 1. The number of hydrogen-bond acceptors (Lipinski definition) is 4. The van der Waals surface area contributed by atoms with Gasteiger partial charge in [0.2, 0.25) is 5.91 Å². The first-order valence-electron chi connectivity index (χ1n) is 7.51. The van der Waals surface area contributed by atoms with Crippen molar-refractivity contribution in [3.63, 3.8) is 0 Å². The Hall–Kier alpha value is -2.80. The highest BCUT2D eigenvalue weighted by Crippen LogP contribution is 2.22. The number of benzene rings is 2. The number of carbonyl (C=O) groups excluding carboxylic acids is 3. The van der Waals surface area contributed by atoms with E-state index in [0.29, 0.717) is 11.4 Å². The first kappa shape index (κ1) is 17.0. The molecule has 2 aromatic carbocycles. The number of barbiturate groups is 1. The lowest BCUT2D eigenvalue weighted by molar-refractivity contribution is -0.131. The van der Waals surface area contributed by atoms with Crippen LogP contribution in [0.5, 0.6) is 0 Å². The maximum absolute atomic E-state index is 12.7. The van der Waals surface area contributed by atoms with Crippen molar-refractivity contribution in [3.05, 3.63) is 58.6 Å². The SMILES string of the molecule is Cc1cccc(N2C(=O)NC(=O)[C@@H](C=Nc3ccc(Br)cc3)C2=O)c1. The molecule has 1 N–H and O–H groups in total. The molecule has 0 saturated carbocycles. The summed E-state index contributed by atoms with van der Waals surface area (Å²) < 4.78 is 0.897. The summed E-state index contributed by atoms with van der Waals surface area (Å²) >= 11 is 3.32. The molecule has 3 rings (SSSR count). The van der Waals surface area contributed by atoms with Crippen molar-refractivity contribution in [2.45, 2.75) is 6.92 Å². The molecule has 1 fully saturated rings. The molecule has 126 valence electrons. The molecule has 6 nitrogen and oxygen atoms in total. The van der Waals surface area contributed by atoms with E-state index in [1.54, 1.807) is 42.5 Å². The molecule has 0 aromatic heterocycles. The Bertz CT molecular complexity index is 877. The van der Waals surface area contributed by atoms with Crippen LogP contribution in [0, 0.1) is 12.8 Å². The Morgan fingerprint density at radius 1 is 1.12 bits per heavy atom. The monoisotopic (exact) mass is 399 g/mol. The van der Waals surface area contributed by atoms with Gasteiger partial charge in [0.05, 0.1) is 11.4 Å². The van der Waals surface area contributed by atoms with Crippen LogP contribution in [-0.4, -0.2) is 24.1 Å². The lowest BCUT2D eigenvalue weighted by atomic mass is 10.1. The van der Waals surface area contributed by atoms with Crippen molar-refractivity contribution in [2.75, 3.05) is 4.90 Å². The number of nitrogens with one attached hydrogen (secondary N) is 1. The zero-order valence-electron chi connectivity index (χ0n) is 13.3. The number of anilines is 1. The van der Waals surface area contributed by atoms with E-state index in [9.17, 15) is 14.4 Å². The van der Waals surface area contributed by atoms with E-state index in [1.807, 2.05) is 13.0 Å². The largest absolute Gasteiger partial charge is 0.335 e. The lowest BCUT2D eigenvalue weighted by Crippen LogP contribution is -2.58. The lowest BCUT2D eigenvalue weighted by Gasteiger charge is -2.28. The fourth-order valence-corrected chi connectivity index (χ4v) is 2.69. The minimum atomic E-state index is -1.16. The molecule has 0 bridgehead atoms. The van der Waals surface area contributed by atoms with Gasteiger partial charge in [-0.25, -0.2) is 9.69 Å². The van der Waals surface area contributed by atoms with E-state index in [0.717, 1.165) is 14.9 Å². The molecule has 1 aliphatic rings. The van der Waals surface area contributed by atoms with Crippen molar-refractivity contribution in [1.82, 2.24) is 5.32 Å². The van der Waals surface area contributed by atoms with Gasteiger partial charge in [0.1, 0.15) is 0 Å². The molecule has 1 heterocycles. The normalized spacial score (nSPS) is 17.9. The summed E-state index contributed by atoms with van der Waals surface area (Å²) in [7, 11) is 0. The number of rotatable bonds is 3. The molecule has 0 spiro atoms. The van der Waals surface area contributed by atoms with Gasteiger partial charge in [-0.1, -0.05) is 28.1 Å². The quantitative estimate of drug-likeness (QED) is 0.634. The van der Waals surface area contributed by atoms with Crippen molar-refractivity contribution in [2.24, 2.45) is 10.9 Å². The maximum Gasteiger partial charge on any atom is 0.335 e. The smallest absolute Gasteiger partial charge is 0.276 e. The molecule has 0 unspecified atom stereocenters. The number of imide groups is 2. The van der Waals surface area contributed by atoms with Crippen LogP contribution < -0.4 is 10.2 Å². The molecule has 7 heteroatoms. The van der Waals surface area contributed by atoms with Gasteiger partial charge < -0.3 is 0 Å². The van der Waals surface area contributed by atoms with Gasteiger partial charge in [0.15, 0.2) is 5.92 Å². The Morgan fingerprint density at radius 3 is 2.52 bits per heavy atom. The predicted molar refractivity (Wildman–Crippen MR) is 98.0 cm³/mol. The zero-order chi connectivity index (χ0) is 18.0. The third-order valence-electron chi connectivity index (χ3n) is 3.66. The van der Waals surface area contributed by atoms with Crippen molar-refractivity contribution >= 4 is 51.4 Å². The van der Waals surface area contributed by atoms with Crippen molar-refractivity contribution in [3.8, 4) is 0 Å². The van der Waals surface area contributed by atoms with Gasteiger partial charge in [-0.15, -0.1) is 0 Å². The zero-order valence-corrected chi connectivity index (χ0v) is 14.9. The molecule has 2 aromatic rings. The summed E-state index contributed by atoms with van der Waals surface area (Å²) in [6, 6.07) is 13.3. The average Bonchev–Trinajstić information content (AvgIpc) is 2.56. The Labute approximate surface area is 152 Å². The van der Waals surface area contributed by atoms with Crippen LogP contribution in [0.4, 0.5) is 16.2 Å². The van der Waals surface area contributed by atoms with E-state index < -0.39 is 23.8 Å². The topological polar surface area (TPSA) is 78.8 Å². The van der Waals surface area contributed by atoms with Crippen LogP contribution in [-0.2, 0) is 9.59 Å². The third kappa shape index (κ3) is 3.66. The molecule has 0 radical (unpaired) electrons. The van der Waals surface area contributed by atoms with Gasteiger partial charge in [0, 0.05) is 10.7 Å². The standard InChI is InChI=1S/C18H14BrN3O3/c1-11-3-2-4-14(9-11)22-17(24)15(16(23)21-18(22)25)10-20-13-7-5-12(19)6-8-13/h2-10,15H,1H3,(H,21,23,25)/t15-/m1/s1. The summed E-state index contributed by atoms with van der Waals surface area (Å²) in [5.74, 6) is -2.47. The summed E-state index contributed by atoms with van der Waals surface area (Å²) in [5.41, 5.74) is 1.91. The van der Waals surface area contributed by atoms with Gasteiger partial charge in [0.25, 0.3) is 5.91 Å². The van der Waals surface area contributed by atoms with Gasteiger partial charge in [-0.05, 0) is 48.9 Å². The van der Waals surface area contributed by atoms with Crippen LogP contribution in [0.3, 0.4) is 0 Å². The summed E-state index contributed by atoms with van der Waals surface area (Å²) in [6.45, 7) is 1.85. The maximum atomic E-state index is 12.7. The molecule has 1 saturated heterocycles. The fourth-order valence-electron chi connectivity index (χ4n) is 2.42. The number of carbonyl (C=O) groups is 3. The number of urea groups is 1. The van der Waals surface area contributed by atoms with Crippen LogP contribution in [0.15, 0.2) is 58.0 Å². The number of amides is 4. The number of halogens is 1.